The quantitative estimate of drug-likeness (QED) is 0.502. The van der Waals surface area contributed by atoms with Gasteiger partial charge in [-0.15, -0.1) is 0 Å². The van der Waals surface area contributed by atoms with Crippen LogP contribution in [0, 0.1) is 12.8 Å². The topological polar surface area (TPSA) is 13.1 Å². The minimum atomic E-state index is 0.663. The van der Waals surface area contributed by atoms with E-state index < -0.39 is 0 Å². The molecule has 1 atom stereocenters. The van der Waals surface area contributed by atoms with Crippen LogP contribution in [0.15, 0.2) is 34.7 Å². The van der Waals surface area contributed by atoms with Crippen molar-refractivity contribution in [3.05, 3.63) is 47.4 Å². The van der Waals surface area contributed by atoms with Gasteiger partial charge in [0.1, 0.15) is 11.5 Å². The number of hydrogen-bond donors (Lipinski definition) is 0. The maximum absolute atomic E-state index is 6.20. The van der Waals surface area contributed by atoms with E-state index in [0.29, 0.717) is 5.92 Å². The van der Waals surface area contributed by atoms with Gasteiger partial charge < -0.3 is 4.42 Å². The first-order valence-electron chi connectivity index (χ1n) is 8.83. The lowest BCUT2D eigenvalue weighted by Crippen LogP contribution is -1.99. The first kappa shape index (κ1) is 16.9. The summed E-state index contributed by atoms with van der Waals surface area (Å²) in [6.07, 6.45) is 7.17. The molecule has 1 aromatic carbocycles. The number of aryl methyl sites for hydroxylation is 1. The second-order valence-corrected chi connectivity index (χ2v) is 6.48. The van der Waals surface area contributed by atoms with Gasteiger partial charge in [-0.3, -0.25) is 0 Å². The average molecular weight is 298 g/mol. The Morgan fingerprint density at radius 2 is 1.77 bits per heavy atom. The third-order valence-electron chi connectivity index (χ3n) is 4.61. The molecular weight excluding hydrogens is 268 g/mol. The molecule has 2 aromatic rings. The molecular formula is C21H30O. The molecule has 2 rings (SSSR count). The largest absolute Gasteiger partial charge is 0.465 e. The van der Waals surface area contributed by atoms with E-state index >= 15 is 0 Å². The standard InChI is InChI=1S/C21H30O/c1-5-7-9-14-19-17(4)22-20(15-16(3)6-2)21(19)18-12-10-8-11-13-18/h8,10-13,16H,5-7,9,14-15H2,1-4H3. The number of unbranched alkanes of at least 4 members (excludes halogenated alkanes) is 2. The van der Waals surface area contributed by atoms with Crippen LogP contribution >= 0.6 is 0 Å². The van der Waals surface area contributed by atoms with E-state index in [1.54, 1.807) is 0 Å². The van der Waals surface area contributed by atoms with Crippen LogP contribution in [0.2, 0.25) is 0 Å². The highest BCUT2D eigenvalue weighted by Gasteiger charge is 2.20. The molecule has 0 saturated heterocycles. The maximum atomic E-state index is 6.20. The molecule has 0 fully saturated rings. The lowest BCUT2D eigenvalue weighted by atomic mass is 9.93. The van der Waals surface area contributed by atoms with Crippen molar-refractivity contribution in [2.75, 3.05) is 0 Å². The summed E-state index contributed by atoms with van der Waals surface area (Å²) in [5, 5.41) is 0. The van der Waals surface area contributed by atoms with Crippen molar-refractivity contribution in [2.45, 2.75) is 66.2 Å². The number of hydrogen-bond acceptors (Lipinski definition) is 1. The molecule has 1 aromatic heterocycles. The first-order chi connectivity index (χ1) is 10.7. The Bertz CT molecular complexity index is 565. The van der Waals surface area contributed by atoms with Crippen LogP contribution in [0.4, 0.5) is 0 Å². The predicted molar refractivity (Wildman–Crippen MR) is 95.3 cm³/mol. The van der Waals surface area contributed by atoms with Gasteiger partial charge in [0.2, 0.25) is 0 Å². The Hall–Kier alpha value is -1.50. The fraction of sp³-hybridized carbons (Fsp3) is 0.524. The predicted octanol–water partition coefficient (Wildman–Crippen LogP) is 6.58. The normalized spacial score (nSPS) is 12.5. The van der Waals surface area contributed by atoms with Gasteiger partial charge in [-0.25, -0.2) is 0 Å². The van der Waals surface area contributed by atoms with Crippen LogP contribution < -0.4 is 0 Å². The third-order valence-corrected chi connectivity index (χ3v) is 4.61. The molecule has 120 valence electrons. The summed E-state index contributed by atoms with van der Waals surface area (Å²) in [6.45, 7) is 8.96. The highest BCUT2D eigenvalue weighted by Crippen LogP contribution is 2.35. The summed E-state index contributed by atoms with van der Waals surface area (Å²) < 4.78 is 6.20. The molecule has 1 nitrogen and oxygen atoms in total. The SMILES string of the molecule is CCCCCc1c(C)oc(CC(C)CC)c1-c1ccccc1. The summed E-state index contributed by atoms with van der Waals surface area (Å²) in [5.41, 5.74) is 4.11. The summed E-state index contributed by atoms with van der Waals surface area (Å²) in [5.74, 6) is 2.97. The fourth-order valence-corrected chi connectivity index (χ4v) is 3.04. The Kier molecular flexibility index (Phi) is 6.30. The molecule has 1 heteroatoms. The van der Waals surface area contributed by atoms with E-state index in [1.165, 1.54) is 48.1 Å². The monoisotopic (exact) mass is 298 g/mol. The zero-order chi connectivity index (χ0) is 15.9. The van der Waals surface area contributed by atoms with Gasteiger partial charge in [0.05, 0.1) is 0 Å². The zero-order valence-corrected chi connectivity index (χ0v) is 14.6. The van der Waals surface area contributed by atoms with Gasteiger partial charge in [-0.05, 0) is 31.2 Å². The zero-order valence-electron chi connectivity index (χ0n) is 14.6. The molecule has 0 N–H and O–H groups in total. The molecule has 0 aliphatic carbocycles. The van der Waals surface area contributed by atoms with Crippen LogP contribution in [0.5, 0.6) is 0 Å². The highest BCUT2D eigenvalue weighted by atomic mass is 16.3. The van der Waals surface area contributed by atoms with Crippen molar-refractivity contribution in [3.8, 4) is 11.1 Å². The maximum Gasteiger partial charge on any atom is 0.112 e. The van der Waals surface area contributed by atoms with Gasteiger partial charge in [-0.2, -0.15) is 0 Å². The number of rotatable bonds is 8. The minimum Gasteiger partial charge on any atom is -0.465 e. The summed E-state index contributed by atoms with van der Waals surface area (Å²) in [4.78, 5) is 0. The van der Waals surface area contributed by atoms with E-state index in [2.05, 4.69) is 58.0 Å². The molecule has 0 saturated carbocycles. The van der Waals surface area contributed by atoms with E-state index in [9.17, 15) is 0 Å². The van der Waals surface area contributed by atoms with E-state index in [1.807, 2.05) is 0 Å². The molecule has 0 bridgehead atoms. The van der Waals surface area contributed by atoms with E-state index in [4.69, 9.17) is 4.42 Å². The number of furan rings is 1. The van der Waals surface area contributed by atoms with Crippen LogP contribution in [-0.4, -0.2) is 0 Å². The van der Waals surface area contributed by atoms with Crippen LogP contribution in [-0.2, 0) is 12.8 Å². The van der Waals surface area contributed by atoms with Crippen molar-refractivity contribution >= 4 is 0 Å². The summed E-state index contributed by atoms with van der Waals surface area (Å²) in [7, 11) is 0. The van der Waals surface area contributed by atoms with Gasteiger partial charge in [0.25, 0.3) is 0 Å². The fourth-order valence-electron chi connectivity index (χ4n) is 3.04. The summed E-state index contributed by atoms with van der Waals surface area (Å²) >= 11 is 0. The molecule has 0 aliphatic heterocycles. The van der Waals surface area contributed by atoms with Crippen LogP contribution in [0.3, 0.4) is 0 Å². The molecule has 22 heavy (non-hydrogen) atoms. The molecule has 1 heterocycles. The first-order valence-corrected chi connectivity index (χ1v) is 8.83. The summed E-state index contributed by atoms with van der Waals surface area (Å²) in [6, 6.07) is 10.8. The van der Waals surface area contributed by atoms with Crippen molar-refractivity contribution in [1.82, 2.24) is 0 Å². The lowest BCUT2D eigenvalue weighted by Gasteiger charge is -2.10. The van der Waals surface area contributed by atoms with Crippen molar-refractivity contribution in [1.29, 1.82) is 0 Å². The second-order valence-electron chi connectivity index (χ2n) is 6.48. The third kappa shape index (κ3) is 4.03. The smallest absolute Gasteiger partial charge is 0.112 e. The van der Waals surface area contributed by atoms with Crippen molar-refractivity contribution in [2.24, 2.45) is 5.92 Å². The Morgan fingerprint density at radius 1 is 1.05 bits per heavy atom. The molecule has 0 aliphatic rings. The van der Waals surface area contributed by atoms with Gasteiger partial charge in [0, 0.05) is 17.5 Å². The molecule has 0 amide bonds. The lowest BCUT2D eigenvalue weighted by molar-refractivity contribution is 0.435. The molecule has 0 spiro atoms. The van der Waals surface area contributed by atoms with Crippen molar-refractivity contribution < 1.29 is 4.42 Å². The number of benzene rings is 1. The molecule has 0 radical (unpaired) electrons. The minimum absolute atomic E-state index is 0.663. The van der Waals surface area contributed by atoms with Crippen LogP contribution in [0.25, 0.3) is 11.1 Å². The Labute approximate surface area is 135 Å². The second kappa shape index (κ2) is 8.22. The molecule has 1 unspecified atom stereocenters. The highest BCUT2D eigenvalue weighted by molar-refractivity contribution is 5.70. The van der Waals surface area contributed by atoms with Gasteiger partial charge >= 0.3 is 0 Å². The van der Waals surface area contributed by atoms with E-state index in [-0.39, 0.29) is 0 Å². The van der Waals surface area contributed by atoms with E-state index in [0.717, 1.165) is 18.6 Å². The average Bonchev–Trinajstić information content (AvgIpc) is 2.84. The van der Waals surface area contributed by atoms with Crippen molar-refractivity contribution in [3.63, 3.8) is 0 Å². The van der Waals surface area contributed by atoms with Gasteiger partial charge in [-0.1, -0.05) is 70.4 Å². The Morgan fingerprint density at radius 3 is 2.41 bits per heavy atom. The Balaban J connectivity index is 2.39. The van der Waals surface area contributed by atoms with Gasteiger partial charge in [0.15, 0.2) is 0 Å². The van der Waals surface area contributed by atoms with Crippen LogP contribution in [0.1, 0.15) is 63.5 Å².